The molecule has 0 aliphatic rings. The summed E-state index contributed by atoms with van der Waals surface area (Å²) in [5.74, 6) is -0.987. The Bertz CT molecular complexity index is 1110. The first-order valence-corrected chi connectivity index (χ1v) is 11.5. The zero-order valence-corrected chi connectivity index (χ0v) is 19.5. The predicted molar refractivity (Wildman–Crippen MR) is 128 cm³/mol. The van der Waals surface area contributed by atoms with Gasteiger partial charge in [0, 0.05) is 12.5 Å². The molecular weight excluding hydrogens is 439 g/mol. The van der Waals surface area contributed by atoms with Gasteiger partial charge in [-0.3, -0.25) is 4.79 Å². The smallest absolute Gasteiger partial charge is 0.416 e. The van der Waals surface area contributed by atoms with Gasteiger partial charge in [0.15, 0.2) is 0 Å². The lowest BCUT2D eigenvalue weighted by atomic mass is 9.86. The molecule has 0 aromatic heterocycles. The molecule has 180 valence electrons. The molecule has 0 aliphatic carbocycles. The first-order chi connectivity index (χ1) is 16.2. The molecule has 0 radical (unpaired) electrons. The summed E-state index contributed by atoms with van der Waals surface area (Å²) in [6, 6.07) is 20.1. The van der Waals surface area contributed by atoms with Crippen LogP contribution in [0.15, 0.2) is 66.7 Å². The fourth-order valence-electron chi connectivity index (χ4n) is 4.26. The van der Waals surface area contributed by atoms with Gasteiger partial charge in [-0.2, -0.15) is 13.2 Å². The second-order valence-corrected chi connectivity index (χ2v) is 8.58. The molecule has 3 rings (SSSR count). The largest absolute Gasteiger partial charge is 0.480 e. The highest BCUT2D eigenvalue weighted by atomic mass is 19.4. The van der Waals surface area contributed by atoms with Gasteiger partial charge in [0.25, 0.3) is 0 Å². The van der Waals surface area contributed by atoms with Crippen LogP contribution < -0.4 is 5.32 Å². The number of hydrogen-bond acceptors (Lipinski definition) is 2. The molecule has 3 aromatic rings. The van der Waals surface area contributed by atoms with E-state index in [0.717, 1.165) is 35.6 Å². The first kappa shape index (κ1) is 25.5. The topological polar surface area (TPSA) is 49.3 Å². The molecule has 0 fully saturated rings. The zero-order chi connectivity index (χ0) is 24.7. The van der Waals surface area contributed by atoms with Crippen LogP contribution in [0.2, 0.25) is 0 Å². The number of aryl methyl sites for hydroxylation is 1. The maximum atomic E-state index is 13.8. The van der Waals surface area contributed by atoms with E-state index >= 15 is 0 Å². The Morgan fingerprint density at radius 3 is 2.29 bits per heavy atom. The summed E-state index contributed by atoms with van der Waals surface area (Å²) in [6.45, 7) is 4.14. The van der Waals surface area contributed by atoms with Crippen LogP contribution in [0.5, 0.6) is 0 Å². The Kier molecular flexibility index (Phi) is 8.51. The second-order valence-electron chi connectivity index (χ2n) is 8.58. The summed E-state index contributed by atoms with van der Waals surface area (Å²) in [4.78, 5) is 10.7. The minimum atomic E-state index is -4.47. The van der Waals surface area contributed by atoms with Crippen LogP contribution >= 0.6 is 0 Å². The summed E-state index contributed by atoms with van der Waals surface area (Å²) in [7, 11) is 0. The number of carbonyl (C=O) groups is 1. The molecule has 0 spiro atoms. The highest BCUT2D eigenvalue weighted by Gasteiger charge is 2.33. The predicted octanol–water partition coefficient (Wildman–Crippen LogP) is 6.57. The minimum absolute atomic E-state index is 0.0293. The quantitative estimate of drug-likeness (QED) is 0.353. The van der Waals surface area contributed by atoms with E-state index in [1.807, 2.05) is 24.3 Å². The molecule has 0 heterocycles. The minimum Gasteiger partial charge on any atom is -0.480 e. The standard InChI is InChI=1S/C28H30F3NO2/c1-3-6-20-9-12-22(13-10-20)19(2)25-8-5-4-7-23(25)16-24-15-21(17-32-18-27(33)34)11-14-26(24)28(29,30)31/h4-5,7-15,19,32H,3,6,16-18H2,1-2H3,(H,33,34). The molecule has 6 heteroatoms. The van der Waals surface area contributed by atoms with E-state index in [-0.39, 0.29) is 31.0 Å². The number of alkyl halides is 3. The Hall–Kier alpha value is -3.12. The maximum absolute atomic E-state index is 13.8. The Labute approximate surface area is 198 Å². The summed E-state index contributed by atoms with van der Waals surface area (Å²) in [6.07, 6.45) is -2.25. The maximum Gasteiger partial charge on any atom is 0.416 e. The van der Waals surface area contributed by atoms with Gasteiger partial charge >= 0.3 is 12.1 Å². The van der Waals surface area contributed by atoms with Gasteiger partial charge in [-0.05, 0) is 52.3 Å². The van der Waals surface area contributed by atoms with E-state index in [0.29, 0.717) is 5.56 Å². The molecule has 0 bridgehead atoms. The lowest BCUT2D eigenvalue weighted by Crippen LogP contribution is -2.22. The summed E-state index contributed by atoms with van der Waals surface area (Å²) < 4.78 is 41.3. The number of carboxylic acids is 1. The summed E-state index contributed by atoms with van der Waals surface area (Å²) in [5.41, 5.74) is 4.36. The van der Waals surface area contributed by atoms with Crippen molar-refractivity contribution in [2.75, 3.05) is 6.54 Å². The molecule has 2 N–H and O–H groups in total. The van der Waals surface area contributed by atoms with Crippen molar-refractivity contribution in [2.24, 2.45) is 0 Å². The third-order valence-corrected chi connectivity index (χ3v) is 6.00. The van der Waals surface area contributed by atoms with Gasteiger partial charge in [0.1, 0.15) is 0 Å². The van der Waals surface area contributed by atoms with Crippen LogP contribution in [-0.4, -0.2) is 17.6 Å². The van der Waals surface area contributed by atoms with E-state index in [2.05, 4.69) is 43.4 Å². The van der Waals surface area contributed by atoms with Crippen molar-refractivity contribution in [3.8, 4) is 0 Å². The monoisotopic (exact) mass is 469 g/mol. The van der Waals surface area contributed by atoms with E-state index < -0.39 is 17.7 Å². The molecule has 1 atom stereocenters. The molecule has 3 nitrogen and oxygen atoms in total. The Balaban J connectivity index is 1.92. The molecular formula is C28H30F3NO2. The number of aliphatic carboxylic acids is 1. The summed E-state index contributed by atoms with van der Waals surface area (Å²) >= 11 is 0. The van der Waals surface area contributed by atoms with E-state index in [1.54, 1.807) is 0 Å². The van der Waals surface area contributed by atoms with Gasteiger partial charge in [-0.25, -0.2) is 0 Å². The third-order valence-electron chi connectivity index (χ3n) is 6.00. The van der Waals surface area contributed by atoms with Crippen LogP contribution in [0.4, 0.5) is 13.2 Å². The van der Waals surface area contributed by atoms with Crippen LogP contribution in [-0.2, 0) is 30.4 Å². The fraction of sp³-hybridized carbons (Fsp3) is 0.321. The number of benzene rings is 3. The lowest BCUT2D eigenvalue weighted by Gasteiger charge is -2.20. The number of hydrogen-bond donors (Lipinski definition) is 2. The third kappa shape index (κ3) is 6.70. The Morgan fingerprint density at radius 1 is 0.971 bits per heavy atom. The Morgan fingerprint density at radius 2 is 1.65 bits per heavy atom. The van der Waals surface area contributed by atoms with E-state index in [4.69, 9.17) is 5.11 Å². The van der Waals surface area contributed by atoms with Gasteiger partial charge in [0.2, 0.25) is 0 Å². The number of nitrogens with one attached hydrogen (secondary N) is 1. The van der Waals surface area contributed by atoms with Crippen molar-refractivity contribution >= 4 is 5.97 Å². The van der Waals surface area contributed by atoms with Gasteiger partial charge < -0.3 is 10.4 Å². The van der Waals surface area contributed by atoms with Crippen molar-refractivity contribution in [2.45, 2.75) is 51.7 Å². The normalized spacial score (nSPS) is 12.5. The number of halogens is 3. The molecule has 0 amide bonds. The van der Waals surface area contributed by atoms with Crippen LogP contribution in [0.1, 0.15) is 65.1 Å². The number of carboxylic acid groups (broad SMARTS) is 1. The van der Waals surface area contributed by atoms with E-state index in [1.165, 1.54) is 17.7 Å². The SMILES string of the molecule is CCCc1ccc(C(C)c2ccccc2Cc2cc(CNCC(=O)O)ccc2C(F)(F)F)cc1. The van der Waals surface area contributed by atoms with Gasteiger partial charge in [-0.15, -0.1) is 0 Å². The van der Waals surface area contributed by atoms with Gasteiger partial charge in [-0.1, -0.05) is 80.9 Å². The fourth-order valence-corrected chi connectivity index (χ4v) is 4.26. The molecule has 3 aromatic carbocycles. The molecule has 0 aliphatic heterocycles. The molecule has 34 heavy (non-hydrogen) atoms. The first-order valence-electron chi connectivity index (χ1n) is 11.5. The van der Waals surface area contributed by atoms with Crippen molar-refractivity contribution in [3.05, 3.63) is 106 Å². The summed E-state index contributed by atoms with van der Waals surface area (Å²) in [5, 5.41) is 11.5. The average Bonchev–Trinajstić information content (AvgIpc) is 2.79. The number of rotatable bonds is 10. The average molecular weight is 470 g/mol. The highest BCUT2D eigenvalue weighted by Crippen LogP contribution is 2.35. The van der Waals surface area contributed by atoms with Crippen LogP contribution in [0.3, 0.4) is 0 Å². The van der Waals surface area contributed by atoms with Crippen molar-refractivity contribution in [1.82, 2.24) is 5.32 Å². The lowest BCUT2D eigenvalue weighted by molar-refractivity contribution is -0.138. The van der Waals surface area contributed by atoms with Crippen molar-refractivity contribution in [3.63, 3.8) is 0 Å². The highest BCUT2D eigenvalue weighted by molar-refractivity contribution is 5.69. The zero-order valence-electron chi connectivity index (χ0n) is 19.5. The van der Waals surface area contributed by atoms with Crippen LogP contribution in [0.25, 0.3) is 0 Å². The van der Waals surface area contributed by atoms with Gasteiger partial charge in [0.05, 0.1) is 12.1 Å². The molecule has 1 unspecified atom stereocenters. The van der Waals surface area contributed by atoms with Crippen LogP contribution in [0, 0.1) is 0 Å². The van der Waals surface area contributed by atoms with Crippen molar-refractivity contribution in [1.29, 1.82) is 0 Å². The molecule has 0 saturated heterocycles. The second kappa shape index (κ2) is 11.3. The van der Waals surface area contributed by atoms with E-state index in [9.17, 15) is 18.0 Å². The molecule has 0 saturated carbocycles. The van der Waals surface area contributed by atoms with Crippen molar-refractivity contribution < 1.29 is 23.1 Å².